The van der Waals surface area contributed by atoms with Gasteiger partial charge in [-0.1, -0.05) is 19.9 Å². The highest BCUT2D eigenvalue weighted by atomic mass is 32.2. The van der Waals surface area contributed by atoms with E-state index in [9.17, 15) is 8.42 Å². The van der Waals surface area contributed by atoms with Crippen LogP contribution in [0.25, 0.3) is 0 Å². The lowest BCUT2D eigenvalue weighted by molar-refractivity contribution is 0.565. The Morgan fingerprint density at radius 2 is 2.18 bits per heavy atom. The van der Waals surface area contributed by atoms with Crippen molar-refractivity contribution in [3.63, 3.8) is 0 Å². The van der Waals surface area contributed by atoms with E-state index in [1.54, 1.807) is 18.3 Å². The second kappa shape index (κ2) is 6.73. The van der Waals surface area contributed by atoms with Crippen molar-refractivity contribution in [3.8, 4) is 6.07 Å². The maximum Gasteiger partial charge on any atom is 0.240 e. The van der Waals surface area contributed by atoms with Gasteiger partial charge in [-0.2, -0.15) is 5.26 Å². The van der Waals surface area contributed by atoms with Gasteiger partial charge in [0.25, 0.3) is 0 Å². The first-order valence-electron chi connectivity index (χ1n) is 6.95. The highest BCUT2D eigenvalue weighted by molar-refractivity contribution is 7.89. The molecular formula is C15H18N4O2S. The molecule has 2 aromatic rings. The van der Waals surface area contributed by atoms with Crippen molar-refractivity contribution in [2.75, 3.05) is 6.54 Å². The predicted octanol–water partition coefficient (Wildman–Crippen LogP) is 1.86. The van der Waals surface area contributed by atoms with Crippen molar-refractivity contribution >= 4 is 10.0 Å². The number of hydrogen-bond donors (Lipinski definition) is 1. The molecule has 6 nitrogen and oxygen atoms in total. The Labute approximate surface area is 130 Å². The number of nitrogens with one attached hydrogen (secondary N) is 1. The van der Waals surface area contributed by atoms with Crippen LogP contribution in [-0.4, -0.2) is 24.5 Å². The topological polar surface area (TPSA) is 87.8 Å². The molecular weight excluding hydrogens is 300 g/mol. The lowest BCUT2D eigenvalue weighted by Gasteiger charge is -2.11. The first kappa shape index (κ1) is 16.2. The van der Waals surface area contributed by atoms with Crippen LogP contribution in [0.4, 0.5) is 0 Å². The first-order chi connectivity index (χ1) is 10.4. The number of sulfonamides is 1. The summed E-state index contributed by atoms with van der Waals surface area (Å²) in [5.41, 5.74) is 0.319. The highest BCUT2D eigenvalue weighted by Crippen LogP contribution is 2.12. The van der Waals surface area contributed by atoms with Gasteiger partial charge in [0, 0.05) is 31.4 Å². The van der Waals surface area contributed by atoms with Gasteiger partial charge in [-0.15, -0.1) is 0 Å². The second-order valence-corrected chi connectivity index (χ2v) is 6.94. The van der Waals surface area contributed by atoms with E-state index in [1.807, 2.05) is 30.7 Å². The predicted molar refractivity (Wildman–Crippen MR) is 82.7 cm³/mol. The molecule has 0 saturated carbocycles. The molecule has 1 heterocycles. The maximum atomic E-state index is 12.2. The SMILES string of the molecule is CC(C)c1nccn1CCNS(=O)(=O)c1cccc(C#N)c1. The molecule has 7 heteroatoms. The minimum atomic E-state index is -3.61. The van der Waals surface area contributed by atoms with E-state index in [1.165, 1.54) is 12.1 Å². The third-order valence-corrected chi connectivity index (χ3v) is 4.64. The molecule has 0 amide bonds. The molecule has 0 aliphatic rings. The minimum absolute atomic E-state index is 0.0984. The van der Waals surface area contributed by atoms with Gasteiger partial charge in [0.15, 0.2) is 0 Å². The van der Waals surface area contributed by atoms with Crippen LogP contribution in [0, 0.1) is 11.3 Å². The van der Waals surface area contributed by atoms with Crippen LogP contribution in [0.5, 0.6) is 0 Å². The average molecular weight is 318 g/mol. The summed E-state index contributed by atoms with van der Waals surface area (Å²) in [6, 6.07) is 7.89. The van der Waals surface area contributed by atoms with Gasteiger partial charge < -0.3 is 4.57 Å². The van der Waals surface area contributed by atoms with Crippen molar-refractivity contribution in [2.24, 2.45) is 0 Å². The summed E-state index contributed by atoms with van der Waals surface area (Å²) in [6.45, 7) is 4.84. The molecule has 1 aromatic carbocycles. The molecule has 0 fully saturated rings. The van der Waals surface area contributed by atoms with E-state index >= 15 is 0 Å². The zero-order valence-corrected chi connectivity index (χ0v) is 13.3. The maximum absolute atomic E-state index is 12.2. The molecule has 0 aliphatic heterocycles. The number of rotatable bonds is 6. The van der Waals surface area contributed by atoms with E-state index in [0.717, 1.165) is 5.82 Å². The van der Waals surface area contributed by atoms with Crippen LogP contribution in [0.1, 0.15) is 31.2 Å². The van der Waals surface area contributed by atoms with Gasteiger partial charge in [0.2, 0.25) is 10.0 Å². The van der Waals surface area contributed by atoms with E-state index < -0.39 is 10.0 Å². The largest absolute Gasteiger partial charge is 0.333 e. The minimum Gasteiger partial charge on any atom is -0.333 e. The van der Waals surface area contributed by atoms with Crippen molar-refractivity contribution in [1.82, 2.24) is 14.3 Å². The van der Waals surface area contributed by atoms with E-state index in [-0.39, 0.29) is 17.4 Å². The summed E-state index contributed by atoms with van der Waals surface area (Å²) in [7, 11) is -3.61. The van der Waals surface area contributed by atoms with Crippen LogP contribution >= 0.6 is 0 Å². The van der Waals surface area contributed by atoms with Crippen LogP contribution in [-0.2, 0) is 16.6 Å². The van der Waals surface area contributed by atoms with Crippen LogP contribution in [0.15, 0.2) is 41.6 Å². The molecule has 1 N–H and O–H groups in total. The van der Waals surface area contributed by atoms with Gasteiger partial charge in [-0.05, 0) is 18.2 Å². The molecule has 22 heavy (non-hydrogen) atoms. The third kappa shape index (κ3) is 3.72. The molecule has 0 saturated heterocycles. The van der Waals surface area contributed by atoms with Crippen molar-refractivity contribution < 1.29 is 8.42 Å². The van der Waals surface area contributed by atoms with E-state index in [4.69, 9.17) is 5.26 Å². The van der Waals surface area contributed by atoms with Crippen LogP contribution in [0.3, 0.4) is 0 Å². The quantitative estimate of drug-likeness (QED) is 0.880. The lowest BCUT2D eigenvalue weighted by Crippen LogP contribution is -2.27. The van der Waals surface area contributed by atoms with Crippen LogP contribution < -0.4 is 4.72 Å². The number of hydrogen-bond acceptors (Lipinski definition) is 4. The third-order valence-electron chi connectivity index (χ3n) is 3.18. The van der Waals surface area contributed by atoms with E-state index in [0.29, 0.717) is 12.1 Å². The van der Waals surface area contributed by atoms with Gasteiger partial charge in [-0.25, -0.2) is 18.1 Å². The summed E-state index contributed by atoms with van der Waals surface area (Å²) in [4.78, 5) is 4.36. The Kier molecular flexibility index (Phi) is 4.96. The Morgan fingerprint density at radius 1 is 1.41 bits per heavy atom. The summed E-state index contributed by atoms with van der Waals surface area (Å²) in [5.74, 6) is 1.20. The lowest BCUT2D eigenvalue weighted by atomic mass is 10.2. The van der Waals surface area contributed by atoms with Gasteiger partial charge in [0.05, 0.1) is 16.5 Å². The molecule has 0 radical (unpaired) electrons. The molecule has 1 aromatic heterocycles. The molecule has 2 rings (SSSR count). The highest BCUT2D eigenvalue weighted by Gasteiger charge is 2.14. The summed E-state index contributed by atoms with van der Waals surface area (Å²) in [6.07, 6.45) is 3.54. The monoisotopic (exact) mass is 318 g/mol. The van der Waals surface area contributed by atoms with Gasteiger partial charge in [-0.3, -0.25) is 0 Å². The molecule has 116 valence electrons. The smallest absolute Gasteiger partial charge is 0.240 e. The van der Waals surface area contributed by atoms with Crippen molar-refractivity contribution in [3.05, 3.63) is 48.0 Å². The Morgan fingerprint density at radius 3 is 2.86 bits per heavy atom. The number of imidazole rings is 1. The molecule has 0 aliphatic carbocycles. The van der Waals surface area contributed by atoms with Crippen molar-refractivity contribution in [2.45, 2.75) is 31.2 Å². The molecule has 0 spiro atoms. The zero-order valence-electron chi connectivity index (χ0n) is 12.5. The number of nitrogens with zero attached hydrogens (tertiary/aromatic N) is 3. The molecule has 0 unspecified atom stereocenters. The Hall–Kier alpha value is -2.17. The molecule has 0 atom stereocenters. The number of benzene rings is 1. The van der Waals surface area contributed by atoms with Gasteiger partial charge in [0.1, 0.15) is 5.82 Å². The summed E-state index contributed by atoms with van der Waals surface area (Å²) in [5, 5.41) is 8.84. The van der Waals surface area contributed by atoms with E-state index in [2.05, 4.69) is 9.71 Å². The van der Waals surface area contributed by atoms with Crippen molar-refractivity contribution in [1.29, 1.82) is 5.26 Å². The number of aromatic nitrogens is 2. The average Bonchev–Trinajstić information content (AvgIpc) is 2.96. The second-order valence-electron chi connectivity index (χ2n) is 5.17. The standard InChI is InChI=1S/C15H18N4O2S/c1-12(2)15-17-6-8-19(15)9-7-18-22(20,21)14-5-3-4-13(10-14)11-16/h3-6,8,10,12,18H,7,9H2,1-2H3. The first-order valence-corrected chi connectivity index (χ1v) is 8.43. The number of nitriles is 1. The zero-order chi connectivity index (χ0) is 16.2. The Bertz CT molecular complexity index is 788. The summed E-state index contributed by atoms with van der Waals surface area (Å²) >= 11 is 0. The normalized spacial score (nSPS) is 11.5. The fraction of sp³-hybridized carbons (Fsp3) is 0.333. The Balaban J connectivity index is 2.04. The fourth-order valence-electron chi connectivity index (χ4n) is 2.13. The van der Waals surface area contributed by atoms with Crippen LogP contribution in [0.2, 0.25) is 0 Å². The van der Waals surface area contributed by atoms with Gasteiger partial charge >= 0.3 is 0 Å². The molecule has 0 bridgehead atoms. The fourth-order valence-corrected chi connectivity index (χ4v) is 3.19. The summed E-state index contributed by atoms with van der Waals surface area (Å²) < 4.78 is 28.9.